The van der Waals surface area contributed by atoms with Gasteiger partial charge in [0.2, 0.25) is 0 Å². The van der Waals surface area contributed by atoms with Gasteiger partial charge >= 0.3 is 6.18 Å². The minimum atomic E-state index is -4.64. The van der Waals surface area contributed by atoms with Crippen LogP contribution in [0.1, 0.15) is 28.8 Å². The maximum Gasteiger partial charge on any atom is 0.436 e. The van der Waals surface area contributed by atoms with E-state index in [1.54, 1.807) is 10.9 Å². The molecule has 0 saturated heterocycles. The third kappa shape index (κ3) is 3.51. The van der Waals surface area contributed by atoms with Gasteiger partial charge in [-0.25, -0.2) is 0 Å². The van der Waals surface area contributed by atoms with E-state index >= 15 is 0 Å². The zero-order valence-electron chi connectivity index (χ0n) is 13.0. The number of aryl methyl sites for hydroxylation is 2. The number of halogens is 5. The number of carbonyl (C=O) groups is 1. The van der Waals surface area contributed by atoms with E-state index in [0.717, 1.165) is 14.8 Å². The molecular formula is C13H14Br2F3N5O. The van der Waals surface area contributed by atoms with Gasteiger partial charge in [-0.05, 0) is 38.8 Å². The highest BCUT2D eigenvalue weighted by molar-refractivity contribution is 9.10. The quantitative estimate of drug-likeness (QED) is 0.684. The molecule has 0 saturated carbocycles. The molecule has 0 atom stereocenters. The van der Waals surface area contributed by atoms with E-state index < -0.39 is 17.8 Å². The van der Waals surface area contributed by atoms with E-state index in [-0.39, 0.29) is 16.7 Å². The van der Waals surface area contributed by atoms with Gasteiger partial charge in [0.05, 0.1) is 27.4 Å². The summed E-state index contributed by atoms with van der Waals surface area (Å²) in [5, 5.41) is 7.55. The van der Waals surface area contributed by atoms with Crippen LogP contribution in [0, 0.1) is 0 Å². The first-order chi connectivity index (χ1) is 11.1. The third-order valence-corrected chi connectivity index (χ3v) is 4.80. The van der Waals surface area contributed by atoms with Gasteiger partial charge in [0, 0.05) is 20.6 Å². The lowest BCUT2D eigenvalue weighted by molar-refractivity contribution is -0.142. The molecule has 0 N–H and O–H groups in total. The topological polar surface area (TPSA) is 56.0 Å². The molecule has 2 aromatic heterocycles. The molecule has 1 amide bonds. The maximum absolute atomic E-state index is 12.9. The fraction of sp³-hybridized carbons (Fsp3) is 0.462. The standard InChI is InChI=1S/C13H14Br2F3N5O/c1-4-23-8(7(14)5-19-23)6-21(2)12(24)10-9(15)11(13(16,17)18)20-22(10)3/h5H,4,6H2,1-3H3. The molecule has 0 fully saturated rings. The van der Waals surface area contributed by atoms with Gasteiger partial charge in [-0.1, -0.05) is 0 Å². The fourth-order valence-electron chi connectivity index (χ4n) is 2.21. The molecule has 0 aliphatic heterocycles. The van der Waals surface area contributed by atoms with Crippen molar-refractivity contribution in [2.45, 2.75) is 26.2 Å². The average molecular weight is 473 g/mol. The lowest BCUT2D eigenvalue weighted by Crippen LogP contribution is -2.29. The predicted molar refractivity (Wildman–Crippen MR) is 87.3 cm³/mol. The van der Waals surface area contributed by atoms with Gasteiger partial charge < -0.3 is 4.90 Å². The molecule has 0 aromatic carbocycles. The Kier molecular flexibility index (Phi) is 5.43. The van der Waals surface area contributed by atoms with Crippen molar-refractivity contribution in [2.75, 3.05) is 7.05 Å². The molecule has 132 valence electrons. The van der Waals surface area contributed by atoms with Crippen LogP contribution in [0.2, 0.25) is 0 Å². The molecule has 11 heteroatoms. The highest BCUT2D eigenvalue weighted by Gasteiger charge is 2.39. The molecule has 2 heterocycles. The fourth-order valence-corrected chi connectivity index (χ4v) is 3.36. The Balaban J connectivity index is 2.32. The molecule has 0 spiro atoms. The Bertz CT molecular complexity index is 768. The molecule has 0 radical (unpaired) electrons. The van der Waals surface area contributed by atoms with Crippen molar-refractivity contribution < 1.29 is 18.0 Å². The van der Waals surface area contributed by atoms with Gasteiger partial charge in [0.15, 0.2) is 5.69 Å². The summed E-state index contributed by atoms with van der Waals surface area (Å²) in [7, 11) is 2.81. The summed E-state index contributed by atoms with van der Waals surface area (Å²) >= 11 is 6.20. The summed E-state index contributed by atoms with van der Waals surface area (Å²) in [6.07, 6.45) is -3.03. The lowest BCUT2D eigenvalue weighted by Gasteiger charge is -2.18. The highest BCUT2D eigenvalue weighted by atomic mass is 79.9. The van der Waals surface area contributed by atoms with E-state index in [1.165, 1.54) is 19.0 Å². The third-order valence-electron chi connectivity index (χ3n) is 3.39. The van der Waals surface area contributed by atoms with E-state index in [0.29, 0.717) is 6.54 Å². The van der Waals surface area contributed by atoms with Crippen LogP contribution in [0.5, 0.6) is 0 Å². The van der Waals surface area contributed by atoms with Crippen molar-refractivity contribution >= 4 is 37.8 Å². The second-order valence-corrected chi connectivity index (χ2v) is 6.70. The van der Waals surface area contributed by atoms with Crippen molar-refractivity contribution in [2.24, 2.45) is 7.05 Å². The van der Waals surface area contributed by atoms with Crippen molar-refractivity contribution in [3.8, 4) is 0 Å². The zero-order chi connectivity index (χ0) is 18.2. The van der Waals surface area contributed by atoms with E-state index in [2.05, 4.69) is 42.1 Å². The molecule has 0 bridgehead atoms. The summed E-state index contributed by atoms with van der Waals surface area (Å²) in [5.41, 5.74) is -0.535. The summed E-state index contributed by atoms with van der Waals surface area (Å²) in [6.45, 7) is 2.70. The number of aromatic nitrogens is 4. The van der Waals surface area contributed by atoms with Gasteiger partial charge in [-0.15, -0.1) is 0 Å². The van der Waals surface area contributed by atoms with Gasteiger partial charge in [0.25, 0.3) is 5.91 Å². The molecule has 0 aliphatic rings. The molecular weight excluding hydrogens is 459 g/mol. The normalized spacial score (nSPS) is 11.8. The molecule has 0 unspecified atom stereocenters. The summed E-state index contributed by atoms with van der Waals surface area (Å²) in [5.74, 6) is -0.580. The summed E-state index contributed by atoms with van der Waals surface area (Å²) < 4.78 is 41.7. The molecule has 24 heavy (non-hydrogen) atoms. The monoisotopic (exact) mass is 471 g/mol. The number of alkyl halides is 3. The Labute approximate surface area is 152 Å². The summed E-state index contributed by atoms with van der Waals surface area (Å²) in [6, 6.07) is 0. The lowest BCUT2D eigenvalue weighted by atomic mass is 10.3. The van der Waals surface area contributed by atoms with Crippen LogP contribution in [-0.4, -0.2) is 37.4 Å². The number of hydrogen-bond acceptors (Lipinski definition) is 3. The van der Waals surface area contributed by atoms with Crippen LogP contribution in [0.25, 0.3) is 0 Å². The van der Waals surface area contributed by atoms with Crippen LogP contribution in [0.15, 0.2) is 15.1 Å². The Hall–Kier alpha value is -1.36. The smallest absolute Gasteiger partial charge is 0.334 e. The Morgan fingerprint density at radius 1 is 1.38 bits per heavy atom. The second-order valence-electron chi connectivity index (χ2n) is 5.05. The Morgan fingerprint density at radius 3 is 2.50 bits per heavy atom. The largest absolute Gasteiger partial charge is 0.436 e. The SMILES string of the molecule is CCn1ncc(Br)c1CN(C)C(=O)c1c(Br)c(C(F)(F)F)nn1C. The first kappa shape index (κ1) is 19.0. The van der Waals surface area contributed by atoms with Crippen molar-refractivity contribution in [3.05, 3.63) is 32.2 Å². The highest BCUT2D eigenvalue weighted by Crippen LogP contribution is 2.36. The minimum absolute atomic E-state index is 0.163. The number of nitrogens with zero attached hydrogens (tertiary/aromatic N) is 5. The van der Waals surface area contributed by atoms with Crippen LogP contribution in [0.3, 0.4) is 0 Å². The first-order valence-electron chi connectivity index (χ1n) is 6.83. The minimum Gasteiger partial charge on any atom is -0.334 e. The van der Waals surface area contributed by atoms with Crippen molar-refractivity contribution in [3.63, 3.8) is 0 Å². The second kappa shape index (κ2) is 6.87. The van der Waals surface area contributed by atoms with E-state index in [1.807, 2.05) is 6.92 Å². The van der Waals surface area contributed by atoms with Crippen LogP contribution in [-0.2, 0) is 26.3 Å². The maximum atomic E-state index is 12.9. The van der Waals surface area contributed by atoms with Crippen molar-refractivity contribution in [1.82, 2.24) is 24.5 Å². The molecule has 0 aliphatic carbocycles. The van der Waals surface area contributed by atoms with Crippen molar-refractivity contribution in [1.29, 1.82) is 0 Å². The van der Waals surface area contributed by atoms with Crippen LogP contribution < -0.4 is 0 Å². The zero-order valence-corrected chi connectivity index (χ0v) is 16.2. The van der Waals surface area contributed by atoms with Crippen LogP contribution >= 0.6 is 31.9 Å². The number of hydrogen-bond donors (Lipinski definition) is 0. The van der Waals surface area contributed by atoms with E-state index in [4.69, 9.17) is 0 Å². The van der Waals surface area contributed by atoms with Gasteiger partial charge in [0.1, 0.15) is 5.69 Å². The average Bonchev–Trinajstić information content (AvgIpc) is 2.98. The molecule has 6 nitrogen and oxygen atoms in total. The number of rotatable bonds is 4. The number of amides is 1. The first-order valence-corrected chi connectivity index (χ1v) is 8.41. The van der Waals surface area contributed by atoms with Gasteiger partial charge in [-0.2, -0.15) is 23.4 Å². The number of carbonyl (C=O) groups excluding carboxylic acids is 1. The predicted octanol–water partition coefficient (Wildman–Crippen LogP) is 3.45. The molecule has 2 rings (SSSR count). The van der Waals surface area contributed by atoms with E-state index in [9.17, 15) is 18.0 Å². The Morgan fingerprint density at radius 2 is 2.00 bits per heavy atom. The van der Waals surface area contributed by atoms with Crippen LogP contribution in [0.4, 0.5) is 13.2 Å². The summed E-state index contributed by atoms with van der Waals surface area (Å²) in [4.78, 5) is 13.9. The van der Waals surface area contributed by atoms with Gasteiger partial charge in [-0.3, -0.25) is 14.2 Å². The molecule has 2 aromatic rings.